The van der Waals surface area contributed by atoms with Crippen molar-refractivity contribution in [1.29, 1.82) is 0 Å². The second-order valence-electron chi connectivity index (χ2n) is 3.20. The molecule has 0 spiro atoms. The van der Waals surface area contributed by atoms with Gasteiger partial charge in [0.2, 0.25) is 4.77 Å². The number of aromatic amines is 1. The lowest BCUT2D eigenvalue weighted by molar-refractivity contribution is 0.217. The van der Waals surface area contributed by atoms with Crippen molar-refractivity contribution in [2.75, 3.05) is 0 Å². The molecule has 0 aromatic carbocycles. The summed E-state index contributed by atoms with van der Waals surface area (Å²) in [6, 6.07) is 0. The van der Waals surface area contributed by atoms with Crippen molar-refractivity contribution >= 4 is 12.2 Å². The van der Waals surface area contributed by atoms with Crippen LogP contribution >= 0.6 is 12.2 Å². The number of aromatic nitrogens is 4. The Balaban J connectivity index is 3.15. The van der Waals surface area contributed by atoms with Gasteiger partial charge < -0.3 is 0 Å². The minimum Gasteiger partial charge on any atom is -0.236 e. The fourth-order valence-corrected chi connectivity index (χ4v) is 2.01. The van der Waals surface area contributed by atoms with Crippen LogP contribution in [0.1, 0.15) is 40.0 Å². The molecule has 1 heterocycles. The van der Waals surface area contributed by atoms with Gasteiger partial charge in [0.15, 0.2) is 0 Å². The molecule has 1 aromatic rings. The summed E-state index contributed by atoms with van der Waals surface area (Å²) in [5.74, 6) is 0. The van der Waals surface area contributed by atoms with E-state index in [9.17, 15) is 0 Å². The number of hydrogen-bond acceptors (Lipinski definition) is 3. The van der Waals surface area contributed by atoms with E-state index in [1.165, 1.54) is 0 Å². The first kappa shape index (κ1) is 10.4. The fraction of sp³-hybridized carbons (Fsp3) is 0.875. The Morgan fingerprint density at radius 2 is 1.85 bits per heavy atom. The van der Waals surface area contributed by atoms with Crippen LogP contribution in [0.3, 0.4) is 0 Å². The van der Waals surface area contributed by atoms with Crippen LogP contribution in [-0.2, 0) is 5.54 Å². The molecule has 1 rings (SSSR count). The van der Waals surface area contributed by atoms with Crippen LogP contribution in [0.15, 0.2) is 0 Å². The van der Waals surface area contributed by atoms with E-state index in [1.807, 2.05) is 4.68 Å². The van der Waals surface area contributed by atoms with Crippen LogP contribution in [0.5, 0.6) is 0 Å². The highest BCUT2D eigenvalue weighted by molar-refractivity contribution is 7.71. The van der Waals surface area contributed by atoms with Gasteiger partial charge in [0.05, 0.1) is 5.54 Å². The standard InChI is InChI=1S/C8H16N4S/c1-4-8(5-2,6-3)12-7(13)9-10-11-12/h4-6H2,1-3H3,(H,9,11,13). The van der Waals surface area contributed by atoms with Gasteiger partial charge in [-0.15, -0.1) is 0 Å². The van der Waals surface area contributed by atoms with E-state index < -0.39 is 0 Å². The molecular weight excluding hydrogens is 184 g/mol. The number of nitrogens with one attached hydrogen (secondary N) is 1. The molecule has 0 bridgehead atoms. The highest BCUT2D eigenvalue weighted by atomic mass is 32.1. The van der Waals surface area contributed by atoms with Crippen LogP contribution < -0.4 is 0 Å². The molecule has 13 heavy (non-hydrogen) atoms. The van der Waals surface area contributed by atoms with Gasteiger partial charge in [0.1, 0.15) is 0 Å². The van der Waals surface area contributed by atoms with Crippen molar-refractivity contribution in [3.63, 3.8) is 0 Å². The van der Waals surface area contributed by atoms with Crippen LogP contribution in [0.4, 0.5) is 0 Å². The Kier molecular flexibility index (Phi) is 3.19. The second-order valence-corrected chi connectivity index (χ2v) is 3.57. The van der Waals surface area contributed by atoms with E-state index in [4.69, 9.17) is 12.2 Å². The zero-order valence-electron chi connectivity index (χ0n) is 8.37. The van der Waals surface area contributed by atoms with Crippen molar-refractivity contribution < 1.29 is 0 Å². The largest absolute Gasteiger partial charge is 0.238 e. The van der Waals surface area contributed by atoms with Gasteiger partial charge in [-0.25, -0.2) is 4.68 Å². The van der Waals surface area contributed by atoms with E-state index in [0.717, 1.165) is 19.3 Å². The maximum atomic E-state index is 5.09. The second kappa shape index (κ2) is 4.00. The van der Waals surface area contributed by atoms with Gasteiger partial charge >= 0.3 is 0 Å². The van der Waals surface area contributed by atoms with Crippen molar-refractivity contribution in [2.24, 2.45) is 0 Å². The summed E-state index contributed by atoms with van der Waals surface area (Å²) in [5, 5.41) is 10.4. The number of hydrogen-bond donors (Lipinski definition) is 1. The summed E-state index contributed by atoms with van der Waals surface area (Å²) in [4.78, 5) is 0. The number of nitrogens with zero attached hydrogens (tertiary/aromatic N) is 3. The molecule has 0 atom stereocenters. The van der Waals surface area contributed by atoms with Crippen molar-refractivity contribution in [3.05, 3.63) is 4.77 Å². The van der Waals surface area contributed by atoms with Crippen molar-refractivity contribution in [3.8, 4) is 0 Å². The third kappa shape index (κ3) is 1.65. The molecule has 5 heteroatoms. The average molecular weight is 200 g/mol. The summed E-state index contributed by atoms with van der Waals surface area (Å²) < 4.78 is 2.45. The summed E-state index contributed by atoms with van der Waals surface area (Å²) in [7, 11) is 0. The molecule has 74 valence electrons. The van der Waals surface area contributed by atoms with E-state index in [-0.39, 0.29) is 5.54 Å². The first-order chi connectivity index (χ1) is 6.20. The Hall–Kier alpha value is -0.710. The summed E-state index contributed by atoms with van der Waals surface area (Å²) >= 11 is 5.09. The SMILES string of the molecule is CCC(CC)(CC)n1[nH]nnc1=S. The molecule has 4 nitrogen and oxygen atoms in total. The number of rotatable bonds is 4. The lowest BCUT2D eigenvalue weighted by Gasteiger charge is -2.30. The predicted octanol–water partition coefficient (Wildman–Crippen LogP) is 2.26. The third-order valence-corrected chi connectivity index (χ3v) is 3.18. The molecule has 0 saturated heterocycles. The molecule has 0 radical (unpaired) electrons. The zero-order valence-corrected chi connectivity index (χ0v) is 9.19. The molecule has 1 aromatic heterocycles. The minimum atomic E-state index is 0.0700. The average Bonchev–Trinajstić information content (AvgIpc) is 2.57. The zero-order chi connectivity index (χ0) is 9.90. The van der Waals surface area contributed by atoms with E-state index >= 15 is 0 Å². The lowest BCUT2D eigenvalue weighted by Crippen LogP contribution is -2.32. The third-order valence-electron chi connectivity index (χ3n) is 2.92. The molecular formula is C8H16N4S. The summed E-state index contributed by atoms with van der Waals surface area (Å²) in [6.45, 7) is 6.49. The first-order valence-corrected chi connectivity index (χ1v) is 5.11. The highest BCUT2D eigenvalue weighted by Gasteiger charge is 2.27. The van der Waals surface area contributed by atoms with Crippen LogP contribution in [0.25, 0.3) is 0 Å². The Morgan fingerprint density at radius 1 is 1.31 bits per heavy atom. The number of tetrazole rings is 1. The van der Waals surface area contributed by atoms with Gasteiger partial charge in [0, 0.05) is 0 Å². The van der Waals surface area contributed by atoms with Gasteiger partial charge in [-0.2, -0.15) is 5.21 Å². The maximum Gasteiger partial charge on any atom is 0.238 e. The molecule has 0 aliphatic rings. The Morgan fingerprint density at radius 3 is 2.15 bits per heavy atom. The molecule has 0 fully saturated rings. The fourth-order valence-electron chi connectivity index (χ4n) is 1.73. The van der Waals surface area contributed by atoms with Gasteiger partial charge in [-0.3, -0.25) is 0 Å². The van der Waals surface area contributed by atoms with Crippen molar-refractivity contribution in [2.45, 2.75) is 45.6 Å². The monoisotopic (exact) mass is 200 g/mol. The molecule has 0 amide bonds. The smallest absolute Gasteiger partial charge is 0.236 e. The highest BCUT2D eigenvalue weighted by Crippen LogP contribution is 2.27. The quantitative estimate of drug-likeness (QED) is 0.758. The van der Waals surface area contributed by atoms with Crippen LogP contribution in [0, 0.1) is 4.77 Å². The Labute approximate surface area is 83.3 Å². The van der Waals surface area contributed by atoms with E-state index in [2.05, 4.69) is 36.3 Å². The van der Waals surface area contributed by atoms with Gasteiger partial charge in [-0.1, -0.05) is 31.1 Å². The molecule has 1 N–H and O–H groups in total. The van der Waals surface area contributed by atoms with Crippen LogP contribution in [0.2, 0.25) is 0 Å². The van der Waals surface area contributed by atoms with Crippen LogP contribution in [-0.4, -0.2) is 20.2 Å². The van der Waals surface area contributed by atoms with Gasteiger partial charge in [-0.05, 0) is 31.5 Å². The van der Waals surface area contributed by atoms with Gasteiger partial charge in [0.25, 0.3) is 0 Å². The van der Waals surface area contributed by atoms with E-state index in [1.54, 1.807) is 0 Å². The minimum absolute atomic E-state index is 0.0700. The lowest BCUT2D eigenvalue weighted by atomic mass is 9.90. The molecule has 0 aliphatic heterocycles. The summed E-state index contributed by atoms with van der Waals surface area (Å²) in [6.07, 6.45) is 3.12. The summed E-state index contributed by atoms with van der Waals surface area (Å²) in [5.41, 5.74) is 0.0700. The Bertz CT molecular complexity index is 302. The first-order valence-electron chi connectivity index (χ1n) is 4.70. The molecule has 0 saturated carbocycles. The maximum absolute atomic E-state index is 5.09. The van der Waals surface area contributed by atoms with Crippen molar-refractivity contribution in [1.82, 2.24) is 20.2 Å². The molecule has 0 unspecified atom stereocenters. The normalized spacial score (nSPS) is 11.9. The molecule has 0 aliphatic carbocycles. The topological polar surface area (TPSA) is 46.5 Å². The predicted molar refractivity (Wildman–Crippen MR) is 54.1 cm³/mol. The number of H-pyrrole nitrogens is 1. The van der Waals surface area contributed by atoms with E-state index in [0.29, 0.717) is 4.77 Å².